The van der Waals surface area contributed by atoms with Crippen LogP contribution < -0.4 is 10.6 Å². The third-order valence-corrected chi connectivity index (χ3v) is 4.54. The summed E-state index contributed by atoms with van der Waals surface area (Å²) >= 11 is 5.93. The van der Waals surface area contributed by atoms with Gasteiger partial charge in [0.25, 0.3) is 0 Å². The summed E-state index contributed by atoms with van der Waals surface area (Å²) in [7, 11) is 0. The SMILES string of the molecule is CC(=O)N[C@H](CC(=O)Nc1ccc(C)c2ncccc12)c1ccc(Cl)cc1. The van der Waals surface area contributed by atoms with Gasteiger partial charge in [-0.05, 0) is 48.4 Å². The highest BCUT2D eigenvalue weighted by Crippen LogP contribution is 2.26. The molecular formula is C21H20ClN3O2. The van der Waals surface area contributed by atoms with Gasteiger partial charge in [0.1, 0.15) is 0 Å². The lowest BCUT2D eigenvalue weighted by atomic mass is 10.0. The van der Waals surface area contributed by atoms with Crippen LogP contribution in [0.4, 0.5) is 5.69 Å². The van der Waals surface area contributed by atoms with Crippen LogP contribution >= 0.6 is 11.6 Å². The molecule has 3 aromatic rings. The summed E-state index contributed by atoms with van der Waals surface area (Å²) in [5, 5.41) is 7.25. The van der Waals surface area contributed by atoms with Crippen molar-refractivity contribution in [2.45, 2.75) is 26.3 Å². The molecule has 0 saturated heterocycles. The molecule has 1 heterocycles. The van der Waals surface area contributed by atoms with Gasteiger partial charge < -0.3 is 10.6 Å². The van der Waals surface area contributed by atoms with Crippen LogP contribution in [0.1, 0.15) is 30.5 Å². The zero-order chi connectivity index (χ0) is 19.4. The summed E-state index contributed by atoms with van der Waals surface area (Å²) in [5.41, 5.74) is 3.42. The van der Waals surface area contributed by atoms with Crippen LogP contribution in [0.3, 0.4) is 0 Å². The molecule has 2 amide bonds. The van der Waals surface area contributed by atoms with E-state index in [2.05, 4.69) is 15.6 Å². The number of carbonyl (C=O) groups is 2. The first-order chi connectivity index (χ1) is 12.9. The first-order valence-corrected chi connectivity index (χ1v) is 8.98. The number of amides is 2. The minimum atomic E-state index is -0.436. The minimum absolute atomic E-state index is 0.108. The Balaban J connectivity index is 1.81. The number of fused-ring (bicyclic) bond motifs is 1. The maximum Gasteiger partial charge on any atom is 0.226 e. The normalized spacial score (nSPS) is 11.8. The smallest absolute Gasteiger partial charge is 0.226 e. The van der Waals surface area contributed by atoms with Crippen molar-refractivity contribution >= 4 is 40.0 Å². The van der Waals surface area contributed by atoms with Gasteiger partial charge in [0.05, 0.1) is 23.7 Å². The van der Waals surface area contributed by atoms with Gasteiger partial charge in [0, 0.05) is 23.5 Å². The maximum atomic E-state index is 12.7. The number of benzene rings is 2. The molecular weight excluding hydrogens is 362 g/mol. The number of aromatic nitrogens is 1. The van der Waals surface area contributed by atoms with E-state index in [-0.39, 0.29) is 18.2 Å². The predicted molar refractivity (Wildman–Crippen MR) is 108 cm³/mol. The summed E-state index contributed by atoms with van der Waals surface area (Å²) in [6.07, 6.45) is 1.84. The average Bonchev–Trinajstić information content (AvgIpc) is 2.64. The molecule has 0 radical (unpaired) electrons. The number of anilines is 1. The summed E-state index contributed by atoms with van der Waals surface area (Å²) in [5.74, 6) is -0.398. The number of aryl methyl sites for hydroxylation is 1. The van der Waals surface area contributed by atoms with E-state index >= 15 is 0 Å². The molecule has 0 fully saturated rings. The number of carbonyl (C=O) groups excluding carboxylic acids is 2. The van der Waals surface area contributed by atoms with Crippen LogP contribution in [-0.4, -0.2) is 16.8 Å². The van der Waals surface area contributed by atoms with Gasteiger partial charge in [-0.25, -0.2) is 0 Å². The van der Waals surface area contributed by atoms with Crippen molar-refractivity contribution in [2.24, 2.45) is 0 Å². The number of pyridine rings is 1. The third kappa shape index (κ3) is 4.63. The van der Waals surface area contributed by atoms with Gasteiger partial charge in [-0.15, -0.1) is 0 Å². The Hall–Kier alpha value is -2.92. The molecule has 2 aromatic carbocycles. The fraction of sp³-hybridized carbons (Fsp3) is 0.190. The van der Waals surface area contributed by atoms with Gasteiger partial charge in [0.15, 0.2) is 0 Å². The fourth-order valence-electron chi connectivity index (χ4n) is 3.00. The quantitative estimate of drug-likeness (QED) is 0.688. The van der Waals surface area contributed by atoms with Crippen molar-refractivity contribution in [2.75, 3.05) is 5.32 Å². The molecule has 0 aliphatic carbocycles. The number of halogens is 1. The third-order valence-electron chi connectivity index (χ3n) is 4.28. The molecule has 0 aliphatic heterocycles. The molecule has 0 saturated carbocycles. The van der Waals surface area contributed by atoms with Gasteiger partial charge in [-0.1, -0.05) is 29.8 Å². The molecule has 0 bridgehead atoms. The largest absolute Gasteiger partial charge is 0.349 e. The first-order valence-electron chi connectivity index (χ1n) is 8.61. The molecule has 3 rings (SSSR count). The summed E-state index contributed by atoms with van der Waals surface area (Å²) < 4.78 is 0. The van der Waals surface area contributed by atoms with Crippen LogP contribution in [-0.2, 0) is 9.59 Å². The van der Waals surface area contributed by atoms with Crippen molar-refractivity contribution in [3.05, 3.63) is 70.9 Å². The Kier molecular flexibility index (Phi) is 5.72. The molecule has 5 nitrogen and oxygen atoms in total. The topological polar surface area (TPSA) is 71.1 Å². The average molecular weight is 382 g/mol. The first kappa shape index (κ1) is 18.9. The lowest BCUT2D eigenvalue weighted by Gasteiger charge is -2.18. The highest BCUT2D eigenvalue weighted by atomic mass is 35.5. The molecule has 2 N–H and O–H groups in total. The Bertz CT molecular complexity index is 986. The van der Waals surface area contributed by atoms with Gasteiger partial charge >= 0.3 is 0 Å². The van der Waals surface area contributed by atoms with Gasteiger partial charge in [-0.2, -0.15) is 0 Å². The molecule has 138 valence electrons. The van der Waals surface area contributed by atoms with Crippen LogP contribution in [0.5, 0.6) is 0 Å². The van der Waals surface area contributed by atoms with Crippen LogP contribution in [0.15, 0.2) is 54.7 Å². The molecule has 0 spiro atoms. The highest BCUT2D eigenvalue weighted by molar-refractivity contribution is 6.30. The van der Waals surface area contributed by atoms with E-state index in [0.717, 1.165) is 22.0 Å². The van der Waals surface area contributed by atoms with Crippen molar-refractivity contribution in [3.63, 3.8) is 0 Å². The van der Waals surface area contributed by atoms with E-state index in [1.54, 1.807) is 30.5 Å². The predicted octanol–water partition coefficient (Wildman–Crippen LogP) is 4.40. The Morgan fingerprint density at radius 1 is 1.11 bits per heavy atom. The maximum absolute atomic E-state index is 12.7. The van der Waals surface area contributed by atoms with Crippen molar-refractivity contribution in [1.29, 1.82) is 0 Å². The zero-order valence-electron chi connectivity index (χ0n) is 15.1. The standard InChI is InChI=1S/C21H20ClN3O2/c1-13-5-10-18(17-4-3-11-23-21(13)17)25-20(27)12-19(24-14(2)26)15-6-8-16(22)9-7-15/h3-11,19H,12H2,1-2H3,(H,24,26)(H,25,27)/t19-/m1/s1. The molecule has 0 unspecified atom stereocenters. The van der Waals surface area contributed by atoms with Gasteiger partial charge in [-0.3, -0.25) is 14.6 Å². The second kappa shape index (κ2) is 8.18. The molecule has 1 atom stereocenters. The van der Waals surface area contributed by atoms with Crippen LogP contribution in [0.2, 0.25) is 5.02 Å². The summed E-state index contributed by atoms with van der Waals surface area (Å²) in [6, 6.07) is 14.2. The molecule has 1 aromatic heterocycles. The number of nitrogens with one attached hydrogen (secondary N) is 2. The van der Waals surface area contributed by atoms with E-state index in [9.17, 15) is 9.59 Å². The van der Waals surface area contributed by atoms with E-state index in [1.807, 2.05) is 31.2 Å². The Labute approximate surface area is 162 Å². The van der Waals surface area contributed by atoms with E-state index < -0.39 is 6.04 Å². The lowest BCUT2D eigenvalue weighted by molar-refractivity contribution is -0.120. The Morgan fingerprint density at radius 2 is 1.85 bits per heavy atom. The van der Waals surface area contributed by atoms with Crippen molar-refractivity contribution in [1.82, 2.24) is 10.3 Å². The van der Waals surface area contributed by atoms with E-state index in [4.69, 9.17) is 11.6 Å². The number of rotatable bonds is 5. The van der Waals surface area contributed by atoms with Gasteiger partial charge in [0.2, 0.25) is 11.8 Å². The van der Waals surface area contributed by atoms with Crippen LogP contribution in [0, 0.1) is 6.92 Å². The zero-order valence-corrected chi connectivity index (χ0v) is 15.9. The summed E-state index contributed by atoms with van der Waals surface area (Å²) in [4.78, 5) is 28.6. The lowest BCUT2D eigenvalue weighted by Crippen LogP contribution is -2.29. The Morgan fingerprint density at radius 3 is 2.56 bits per heavy atom. The van der Waals surface area contributed by atoms with E-state index in [0.29, 0.717) is 10.7 Å². The number of hydrogen-bond acceptors (Lipinski definition) is 3. The fourth-order valence-corrected chi connectivity index (χ4v) is 3.13. The number of hydrogen-bond donors (Lipinski definition) is 2. The highest BCUT2D eigenvalue weighted by Gasteiger charge is 2.18. The van der Waals surface area contributed by atoms with Crippen molar-refractivity contribution < 1.29 is 9.59 Å². The molecule has 6 heteroatoms. The van der Waals surface area contributed by atoms with Crippen molar-refractivity contribution in [3.8, 4) is 0 Å². The van der Waals surface area contributed by atoms with Crippen LogP contribution in [0.25, 0.3) is 10.9 Å². The minimum Gasteiger partial charge on any atom is -0.349 e. The number of nitrogens with zero attached hydrogens (tertiary/aromatic N) is 1. The molecule has 27 heavy (non-hydrogen) atoms. The molecule has 0 aliphatic rings. The second-order valence-corrected chi connectivity index (χ2v) is 6.82. The second-order valence-electron chi connectivity index (χ2n) is 6.39. The summed E-state index contributed by atoms with van der Waals surface area (Å²) in [6.45, 7) is 3.41. The monoisotopic (exact) mass is 381 g/mol. The van der Waals surface area contributed by atoms with E-state index in [1.165, 1.54) is 6.92 Å².